The molecule has 0 aliphatic rings. The van der Waals surface area contributed by atoms with Crippen LogP contribution in [0.15, 0.2) is 29.2 Å². The second kappa shape index (κ2) is 2.37. The summed E-state index contributed by atoms with van der Waals surface area (Å²) in [6, 6.07) is 4.99. The third-order valence-corrected chi connectivity index (χ3v) is 3.10. The van der Waals surface area contributed by atoms with Crippen molar-refractivity contribution >= 4 is 9.35 Å². The van der Waals surface area contributed by atoms with Crippen molar-refractivity contribution in [1.29, 1.82) is 0 Å². The van der Waals surface area contributed by atoms with Crippen molar-refractivity contribution in [3.05, 3.63) is 30.1 Å². The number of hydrogen-bond acceptors (Lipinski definition) is 1. The summed E-state index contributed by atoms with van der Waals surface area (Å²) in [5.74, 6) is -0.407. The Morgan fingerprint density at radius 3 is 2.00 bits per heavy atom. The molecule has 0 aliphatic carbocycles. The number of rotatable bonds is 1. The van der Waals surface area contributed by atoms with E-state index in [1.807, 2.05) is 0 Å². The van der Waals surface area contributed by atoms with E-state index in [-0.39, 0.29) is 4.90 Å². The van der Waals surface area contributed by atoms with E-state index in [2.05, 4.69) is 0 Å². The molecule has 0 spiro atoms. The molecule has 0 radical (unpaired) electrons. The van der Waals surface area contributed by atoms with Crippen LogP contribution in [0.25, 0.3) is 0 Å². The predicted molar refractivity (Wildman–Crippen MR) is 47.3 cm³/mol. The van der Waals surface area contributed by atoms with E-state index in [1.54, 1.807) is 0 Å². The van der Waals surface area contributed by atoms with Gasteiger partial charge in [0.05, 0.1) is 4.90 Å². The second-order valence-corrected chi connectivity index (χ2v) is 7.22. The molecule has 0 fully saturated rings. The first-order valence-corrected chi connectivity index (χ1v) is 6.12. The Bertz CT molecular complexity index is 339. The SMILES string of the molecule is CS(C)(=O)(O)c1ccc(F)cc1. The van der Waals surface area contributed by atoms with E-state index >= 15 is 0 Å². The average Bonchev–Trinajstić information content (AvgIpc) is 1.84. The zero-order chi connectivity index (χ0) is 9.43. The standard InChI is InChI=1S/C8H11FO2S/c1-12(2,10,11)8-5-3-7(9)4-6-8/h3-6H,1-2H3,(H,10,11). The van der Waals surface area contributed by atoms with Gasteiger partial charge in [-0.1, -0.05) is 0 Å². The molecule has 0 aromatic heterocycles. The fraction of sp³-hybridized carbons (Fsp3) is 0.250. The first-order chi connectivity index (χ1) is 5.26. The van der Waals surface area contributed by atoms with Crippen LogP contribution in [0.4, 0.5) is 4.39 Å². The highest BCUT2D eigenvalue weighted by atomic mass is 32.3. The molecular formula is C8H11FO2S. The maximum atomic E-state index is 12.4. The minimum absolute atomic E-state index is 0.258. The molecule has 0 heterocycles. The number of benzene rings is 1. The van der Waals surface area contributed by atoms with Crippen molar-refractivity contribution in [2.24, 2.45) is 0 Å². The van der Waals surface area contributed by atoms with Crippen LogP contribution in [0.3, 0.4) is 0 Å². The zero-order valence-electron chi connectivity index (χ0n) is 6.95. The van der Waals surface area contributed by atoms with Crippen LogP contribution in [0.1, 0.15) is 0 Å². The lowest BCUT2D eigenvalue weighted by atomic mass is 10.4. The lowest BCUT2D eigenvalue weighted by Crippen LogP contribution is -2.28. The molecule has 0 saturated carbocycles. The van der Waals surface area contributed by atoms with Gasteiger partial charge in [-0.3, -0.25) is 4.55 Å². The molecule has 0 unspecified atom stereocenters. The third-order valence-electron chi connectivity index (χ3n) is 1.49. The summed E-state index contributed by atoms with van der Waals surface area (Å²) in [6.07, 6.45) is 2.48. The molecule has 4 heteroatoms. The Balaban J connectivity index is 3.24. The van der Waals surface area contributed by atoms with E-state index in [1.165, 1.54) is 36.8 Å². The smallest absolute Gasteiger partial charge is 0.123 e. The fourth-order valence-corrected chi connectivity index (χ4v) is 1.74. The van der Waals surface area contributed by atoms with E-state index < -0.39 is 15.2 Å². The van der Waals surface area contributed by atoms with Gasteiger partial charge < -0.3 is 0 Å². The van der Waals surface area contributed by atoms with Gasteiger partial charge in [-0.15, -0.1) is 0 Å². The molecular weight excluding hydrogens is 179 g/mol. The van der Waals surface area contributed by atoms with Crippen molar-refractivity contribution in [3.63, 3.8) is 0 Å². The van der Waals surface area contributed by atoms with Crippen LogP contribution in [0.5, 0.6) is 0 Å². The summed E-state index contributed by atoms with van der Waals surface area (Å²) in [4.78, 5) is 0.258. The van der Waals surface area contributed by atoms with Crippen molar-refractivity contribution in [3.8, 4) is 0 Å². The summed E-state index contributed by atoms with van der Waals surface area (Å²) < 4.78 is 33.4. The highest BCUT2D eigenvalue weighted by Crippen LogP contribution is 2.25. The average molecular weight is 190 g/mol. The maximum absolute atomic E-state index is 12.4. The molecule has 68 valence electrons. The van der Waals surface area contributed by atoms with Crippen molar-refractivity contribution in [1.82, 2.24) is 0 Å². The molecule has 1 rings (SSSR count). The Morgan fingerprint density at radius 2 is 1.67 bits per heavy atom. The van der Waals surface area contributed by atoms with Crippen molar-refractivity contribution < 1.29 is 13.2 Å². The number of halogens is 1. The third kappa shape index (κ3) is 2.12. The quantitative estimate of drug-likeness (QED) is 0.732. The Hall–Kier alpha value is -0.740. The normalized spacial score (nSPS) is 15.2. The van der Waals surface area contributed by atoms with Gasteiger partial charge in [0.2, 0.25) is 0 Å². The van der Waals surface area contributed by atoms with Crippen LogP contribution in [0.2, 0.25) is 0 Å². The molecule has 2 nitrogen and oxygen atoms in total. The first-order valence-electron chi connectivity index (χ1n) is 3.38. The molecule has 12 heavy (non-hydrogen) atoms. The molecule has 0 bridgehead atoms. The van der Waals surface area contributed by atoms with Gasteiger partial charge >= 0.3 is 0 Å². The van der Waals surface area contributed by atoms with Gasteiger partial charge in [0.15, 0.2) is 0 Å². The molecule has 0 amide bonds. The van der Waals surface area contributed by atoms with Crippen LogP contribution in [0, 0.1) is 5.82 Å². The summed E-state index contributed by atoms with van der Waals surface area (Å²) in [5.41, 5.74) is 0. The lowest BCUT2D eigenvalue weighted by Gasteiger charge is -2.33. The fourth-order valence-electron chi connectivity index (χ4n) is 0.823. The maximum Gasteiger partial charge on any atom is 0.123 e. The zero-order valence-corrected chi connectivity index (χ0v) is 7.77. The van der Waals surface area contributed by atoms with Crippen molar-refractivity contribution in [2.75, 3.05) is 12.5 Å². The van der Waals surface area contributed by atoms with Crippen LogP contribution < -0.4 is 0 Å². The van der Waals surface area contributed by atoms with E-state index in [0.717, 1.165) is 0 Å². The highest BCUT2D eigenvalue weighted by Gasteiger charge is 2.16. The van der Waals surface area contributed by atoms with E-state index in [0.29, 0.717) is 0 Å². The van der Waals surface area contributed by atoms with Gasteiger partial charge in [0, 0.05) is 12.5 Å². The molecule has 0 aliphatic heterocycles. The minimum Gasteiger partial charge on any atom is -0.299 e. The van der Waals surface area contributed by atoms with Gasteiger partial charge in [-0.05, 0) is 24.3 Å². The Labute approximate surface area is 70.6 Å². The van der Waals surface area contributed by atoms with Crippen LogP contribution in [-0.2, 0) is 9.35 Å². The summed E-state index contributed by atoms with van der Waals surface area (Å²) >= 11 is 0. The van der Waals surface area contributed by atoms with Gasteiger partial charge in [0.1, 0.15) is 5.82 Å². The minimum atomic E-state index is -3.70. The molecule has 1 aromatic rings. The molecule has 0 atom stereocenters. The highest BCUT2D eigenvalue weighted by molar-refractivity contribution is 8.14. The summed E-state index contributed by atoms with van der Waals surface area (Å²) in [6.45, 7) is 0. The topological polar surface area (TPSA) is 37.3 Å². The first kappa shape index (κ1) is 9.35. The van der Waals surface area contributed by atoms with Crippen LogP contribution >= 0.6 is 0 Å². The largest absolute Gasteiger partial charge is 0.299 e. The van der Waals surface area contributed by atoms with E-state index in [9.17, 15) is 13.2 Å². The van der Waals surface area contributed by atoms with Gasteiger partial charge in [-0.2, -0.15) is 9.35 Å². The molecule has 1 aromatic carbocycles. The molecule has 1 N–H and O–H groups in total. The van der Waals surface area contributed by atoms with E-state index in [4.69, 9.17) is 0 Å². The lowest BCUT2D eigenvalue weighted by molar-refractivity contribution is 0.526. The summed E-state index contributed by atoms with van der Waals surface area (Å²) in [7, 11) is -3.70. The predicted octanol–water partition coefficient (Wildman–Crippen LogP) is 1.74. The summed E-state index contributed by atoms with van der Waals surface area (Å²) in [5, 5.41) is 0. The van der Waals surface area contributed by atoms with Crippen LogP contribution in [-0.4, -0.2) is 21.3 Å². The van der Waals surface area contributed by atoms with Gasteiger partial charge in [-0.25, -0.2) is 8.60 Å². The number of hydrogen-bond donors (Lipinski definition) is 1. The van der Waals surface area contributed by atoms with Gasteiger partial charge in [0.25, 0.3) is 0 Å². The second-order valence-electron chi connectivity index (χ2n) is 3.22. The Morgan fingerprint density at radius 1 is 1.25 bits per heavy atom. The Kier molecular flexibility index (Phi) is 1.85. The monoisotopic (exact) mass is 190 g/mol. The molecule has 0 saturated heterocycles. The van der Waals surface area contributed by atoms with Crippen molar-refractivity contribution in [2.45, 2.75) is 4.90 Å².